The molecule has 0 heterocycles. The fourth-order valence-corrected chi connectivity index (χ4v) is 2.16. The smallest absolute Gasteiger partial charge is 0.123 e. The zero-order valence-electron chi connectivity index (χ0n) is 11.5. The number of benzene rings is 1. The largest absolute Gasteiger partial charge is 0.389 e. The highest BCUT2D eigenvalue weighted by Gasteiger charge is 2.20. The third kappa shape index (κ3) is 4.75. The molecule has 18 heavy (non-hydrogen) atoms. The van der Waals surface area contributed by atoms with Crippen LogP contribution in [-0.4, -0.2) is 17.3 Å². The zero-order chi connectivity index (χ0) is 13.6. The van der Waals surface area contributed by atoms with Crippen molar-refractivity contribution in [3.05, 3.63) is 35.6 Å². The number of rotatable bonds is 7. The normalized spacial score (nSPS) is 16.3. The van der Waals surface area contributed by atoms with Crippen LogP contribution in [-0.2, 0) is 0 Å². The molecule has 0 aliphatic heterocycles. The van der Waals surface area contributed by atoms with Crippen LogP contribution in [0, 0.1) is 5.82 Å². The number of hydrogen-bond acceptors (Lipinski definition) is 2. The molecule has 0 bridgehead atoms. The minimum Gasteiger partial charge on any atom is -0.389 e. The van der Waals surface area contributed by atoms with E-state index in [0.29, 0.717) is 6.54 Å². The molecule has 0 aromatic heterocycles. The van der Waals surface area contributed by atoms with E-state index < -0.39 is 5.60 Å². The summed E-state index contributed by atoms with van der Waals surface area (Å²) in [7, 11) is 0. The number of halogens is 1. The van der Waals surface area contributed by atoms with Gasteiger partial charge in [0.2, 0.25) is 0 Å². The van der Waals surface area contributed by atoms with Crippen molar-refractivity contribution in [1.29, 1.82) is 0 Å². The summed E-state index contributed by atoms with van der Waals surface area (Å²) in [5.74, 6) is -0.216. The first-order valence-corrected chi connectivity index (χ1v) is 6.69. The molecule has 0 amide bonds. The second kappa shape index (κ2) is 6.86. The molecule has 0 fully saturated rings. The summed E-state index contributed by atoms with van der Waals surface area (Å²) in [6.07, 6.45) is 2.65. The summed E-state index contributed by atoms with van der Waals surface area (Å²) >= 11 is 0. The third-order valence-corrected chi connectivity index (χ3v) is 3.20. The van der Waals surface area contributed by atoms with Crippen LogP contribution in [0.15, 0.2) is 24.3 Å². The van der Waals surface area contributed by atoms with Gasteiger partial charge in [0, 0.05) is 12.6 Å². The van der Waals surface area contributed by atoms with Crippen LogP contribution in [0.4, 0.5) is 4.39 Å². The van der Waals surface area contributed by atoms with Gasteiger partial charge in [0.05, 0.1) is 5.60 Å². The van der Waals surface area contributed by atoms with Gasteiger partial charge in [-0.3, -0.25) is 0 Å². The molecule has 0 aliphatic carbocycles. The van der Waals surface area contributed by atoms with Gasteiger partial charge in [-0.1, -0.05) is 32.4 Å². The minimum atomic E-state index is -0.678. The molecule has 0 radical (unpaired) electrons. The van der Waals surface area contributed by atoms with Crippen LogP contribution in [0.1, 0.15) is 51.6 Å². The molecule has 2 nitrogen and oxygen atoms in total. The highest BCUT2D eigenvalue weighted by atomic mass is 19.1. The van der Waals surface area contributed by atoms with Crippen molar-refractivity contribution in [1.82, 2.24) is 5.32 Å². The van der Waals surface area contributed by atoms with E-state index in [-0.39, 0.29) is 11.9 Å². The van der Waals surface area contributed by atoms with Gasteiger partial charge in [-0.2, -0.15) is 0 Å². The molecular weight excluding hydrogens is 229 g/mol. The lowest BCUT2D eigenvalue weighted by Gasteiger charge is -2.27. The summed E-state index contributed by atoms with van der Waals surface area (Å²) in [4.78, 5) is 0. The predicted octanol–water partition coefficient (Wildman–Crippen LogP) is 3.42. The highest BCUT2D eigenvalue weighted by Crippen LogP contribution is 2.19. The summed E-state index contributed by atoms with van der Waals surface area (Å²) < 4.78 is 12.9. The lowest BCUT2D eigenvalue weighted by atomic mass is 9.98. The van der Waals surface area contributed by atoms with Crippen molar-refractivity contribution in [2.24, 2.45) is 0 Å². The predicted molar refractivity (Wildman–Crippen MR) is 73.0 cm³/mol. The van der Waals surface area contributed by atoms with Gasteiger partial charge in [-0.05, 0) is 37.5 Å². The minimum absolute atomic E-state index is 0.161. The van der Waals surface area contributed by atoms with E-state index in [1.807, 2.05) is 6.92 Å². The van der Waals surface area contributed by atoms with Crippen LogP contribution in [0.5, 0.6) is 0 Å². The molecule has 102 valence electrons. The van der Waals surface area contributed by atoms with E-state index in [0.717, 1.165) is 24.8 Å². The topological polar surface area (TPSA) is 32.3 Å². The Morgan fingerprint density at radius 1 is 1.28 bits per heavy atom. The van der Waals surface area contributed by atoms with Gasteiger partial charge >= 0.3 is 0 Å². The molecule has 3 heteroatoms. The first-order chi connectivity index (χ1) is 8.48. The molecule has 0 spiro atoms. The molecule has 0 saturated carbocycles. The first kappa shape index (κ1) is 15.1. The van der Waals surface area contributed by atoms with Crippen molar-refractivity contribution < 1.29 is 9.50 Å². The fraction of sp³-hybridized carbons (Fsp3) is 0.600. The van der Waals surface area contributed by atoms with E-state index in [4.69, 9.17) is 0 Å². The monoisotopic (exact) mass is 253 g/mol. The van der Waals surface area contributed by atoms with Gasteiger partial charge in [-0.15, -0.1) is 0 Å². The maximum absolute atomic E-state index is 12.9. The Bertz CT molecular complexity index is 348. The van der Waals surface area contributed by atoms with Crippen LogP contribution >= 0.6 is 0 Å². The molecule has 2 unspecified atom stereocenters. The van der Waals surface area contributed by atoms with Gasteiger partial charge in [-0.25, -0.2) is 4.39 Å². The van der Waals surface area contributed by atoms with E-state index in [1.165, 1.54) is 12.1 Å². The Kier molecular flexibility index (Phi) is 5.76. The first-order valence-electron chi connectivity index (χ1n) is 6.69. The molecule has 1 aromatic rings. The second-order valence-electron chi connectivity index (χ2n) is 5.14. The highest BCUT2D eigenvalue weighted by molar-refractivity contribution is 5.19. The van der Waals surface area contributed by atoms with Crippen molar-refractivity contribution in [2.75, 3.05) is 6.54 Å². The van der Waals surface area contributed by atoms with Gasteiger partial charge in [0.25, 0.3) is 0 Å². The van der Waals surface area contributed by atoms with Crippen molar-refractivity contribution in [3.8, 4) is 0 Å². The van der Waals surface area contributed by atoms with Gasteiger partial charge in [0.1, 0.15) is 5.82 Å². The van der Waals surface area contributed by atoms with Crippen LogP contribution < -0.4 is 5.32 Å². The number of nitrogens with one attached hydrogen (secondary N) is 1. The third-order valence-electron chi connectivity index (χ3n) is 3.20. The van der Waals surface area contributed by atoms with Crippen LogP contribution in [0.2, 0.25) is 0 Å². The Morgan fingerprint density at radius 2 is 1.89 bits per heavy atom. The van der Waals surface area contributed by atoms with E-state index in [9.17, 15) is 9.50 Å². The van der Waals surface area contributed by atoms with E-state index in [1.54, 1.807) is 12.1 Å². The SMILES string of the molecule is CCCC(C)(O)CNC(CC)c1ccc(F)cc1. The summed E-state index contributed by atoms with van der Waals surface area (Å²) in [5.41, 5.74) is 0.383. The quantitative estimate of drug-likeness (QED) is 0.780. The Hall–Kier alpha value is -0.930. The summed E-state index contributed by atoms with van der Waals surface area (Å²) in [5, 5.41) is 13.5. The molecule has 2 atom stereocenters. The van der Waals surface area contributed by atoms with Crippen LogP contribution in [0.25, 0.3) is 0 Å². The van der Waals surface area contributed by atoms with Crippen molar-refractivity contribution in [2.45, 2.75) is 51.7 Å². The van der Waals surface area contributed by atoms with Crippen LogP contribution in [0.3, 0.4) is 0 Å². The average molecular weight is 253 g/mol. The maximum Gasteiger partial charge on any atom is 0.123 e. The average Bonchev–Trinajstić information content (AvgIpc) is 2.32. The molecule has 1 rings (SSSR count). The molecule has 0 saturated heterocycles. The molecular formula is C15H24FNO. The zero-order valence-corrected chi connectivity index (χ0v) is 11.5. The molecule has 0 aliphatic rings. The van der Waals surface area contributed by atoms with Crippen molar-refractivity contribution in [3.63, 3.8) is 0 Å². The maximum atomic E-state index is 12.9. The Morgan fingerprint density at radius 3 is 2.39 bits per heavy atom. The Balaban J connectivity index is 2.60. The Labute approximate surface area is 109 Å². The summed E-state index contributed by atoms with van der Waals surface area (Å²) in [6.45, 7) is 6.54. The lowest BCUT2D eigenvalue weighted by Crippen LogP contribution is -2.39. The van der Waals surface area contributed by atoms with Gasteiger partial charge < -0.3 is 10.4 Å². The molecule has 1 aromatic carbocycles. The fourth-order valence-electron chi connectivity index (χ4n) is 2.16. The standard InChI is InChI=1S/C15H24FNO/c1-4-10-15(3,18)11-17-14(5-2)12-6-8-13(16)9-7-12/h6-9,14,17-18H,4-5,10-11H2,1-3H3. The number of hydrogen-bond donors (Lipinski definition) is 2. The summed E-state index contributed by atoms with van der Waals surface area (Å²) in [6, 6.07) is 6.71. The van der Waals surface area contributed by atoms with E-state index >= 15 is 0 Å². The molecule has 2 N–H and O–H groups in total. The van der Waals surface area contributed by atoms with Gasteiger partial charge in [0.15, 0.2) is 0 Å². The second-order valence-corrected chi connectivity index (χ2v) is 5.14. The van der Waals surface area contributed by atoms with E-state index in [2.05, 4.69) is 19.2 Å². The van der Waals surface area contributed by atoms with Crippen molar-refractivity contribution >= 4 is 0 Å². The lowest BCUT2D eigenvalue weighted by molar-refractivity contribution is 0.0469. The number of aliphatic hydroxyl groups is 1.